The van der Waals surface area contributed by atoms with Crippen LogP contribution in [0.1, 0.15) is 16.7 Å². The Morgan fingerprint density at radius 3 is 2.37 bits per heavy atom. The van der Waals surface area contributed by atoms with Crippen LogP contribution in [-0.2, 0) is 16.6 Å². The molecule has 2 N–H and O–H groups in total. The van der Waals surface area contributed by atoms with Crippen LogP contribution in [0, 0.1) is 6.92 Å². The molecule has 0 spiro atoms. The van der Waals surface area contributed by atoms with Gasteiger partial charge in [-0.05, 0) is 18.6 Å². The molecule has 4 aromatic rings. The first kappa shape index (κ1) is 15.6. The number of amides is 2. The number of rotatable bonds is 2. The Kier molecular flexibility index (Phi) is 3.15. The van der Waals surface area contributed by atoms with Gasteiger partial charge in [-0.25, -0.2) is 0 Å². The number of aromatic nitrogens is 2. The number of aryl methyl sites for hydroxylation is 2. The van der Waals surface area contributed by atoms with Crippen molar-refractivity contribution in [1.29, 1.82) is 0 Å². The fourth-order valence-electron chi connectivity index (χ4n) is 4.12. The summed E-state index contributed by atoms with van der Waals surface area (Å²) in [6.07, 6.45) is 3.73. The number of nitrogens with one attached hydrogen (secondary N) is 2. The van der Waals surface area contributed by atoms with Crippen molar-refractivity contribution in [3.05, 3.63) is 71.5 Å². The third kappa shape index (κ3) is 2.11. The minimum atomic E-state index is -0.357. The number of fused-ring (bicyclic) bond motifs is 2. The van der Waals surface area contributed by atoms with Crippen LogP contribution in [0.25, 0.3) is 33.0 Å². The zero-order valence-corrected chi connectivity index (χ0v) is 15.0. The number of H-pyrrole nitrogens is 1. The lowest BCUT2D eigenvalue weighted by Gasteiger charge is -2.03. The van der Waals surface area contributed by atoms with Crippen molar-refractivity contribution in [2.24, 2.45) is 7.05 Å². The summed E-state index contributed by atoms with van der Waals surface area (Å²) in [7, 11) is 1.96. The van der Waals surface area contributed by atoms with Crippen LogP contribution in [0.15, 0.2) is 54.9 Å². The molecule has 27 heavy (non-hydrogen) atoms. The van der Waals surface area contributed by atoms with Crippen molar-refractivity contribution < 1.29 is 9.59 Å². The molecule has 2 aromatic heterocycles. The topological polar surface area (TPSA) is 66.9 Å². The van der Waals surface area contributed by atoms with Gasteiger partial charge in [-0.3, -0.25) is 14.9 Å². The molecule has 132 valence electrons. The molecule has 0 fully saturated rings. The highest BCUT2D eigenvalue weighted by atomic mass is 16.2. The van der Waals surface area contributed by atoms with Gasteiger partial charge < -0.3 is 9.55 Å². The number of para-hydroxylation sites is 2. The van der Waals surface area contributed by atoms with E-state index in [4.69, 9.17) is 0 Å². The van der Waals surface area contributed by atoms with Crippen molar-refractivity contribution in [1.82, 2.24) is 14.9 Å². The van der Waals surface area contributed by atoms with Crippen LogP contribution in [0.5, 0.6) is 0 Å². The quantitative estimate of drug-likeness (QED) is 0.540. The molecule has 5 heteroatoms. The van der Waals surface area contributed by atoms with Crippen LogP contribution in [0.4, 0.5) is 0 Å². The standard InChI is InChI=1S/C22H17N3O2/c1-12-6-5-8-14-16(11-25(2)20(12)14)19-18(21(26)24-22(19)27)15-10-23-17-9-4-3-7-13(15)17/h3-11,23H,1-2H3,(H,24,26,27). The highest BCUT2D eigenvalue weighted by molar-refractivity contribution is 6.50. The van der Waals surface area contributed by atoms with Crippen molar-refractivity contribution in [2.75, 3.05) is 0 Å². The first-order valence-electron chi connectivity index (χ1n) is 8.77. The largest absolute Gasteiger partial charge is 0.361 e. The average molecular weight is 355 g/mol. The van der Waals surface area contributed by atoms with Crippen molar-refractivity contribution in [2.45, 2.75) is 6.92 Å². The molecule has 0 radical (unpaired) electrons. The molecule has 0 bridgehead atoms. The number of aromatic amines is 1. The van der Waals surface area contributed by atoms with Crippen molar-refractivity contribution in [3.8, 4) is 0 Å². The number of hydrogen-bond donors (Lipinski definition) is 2. The summed E-state index contributed by atoms with van der Waals surface area (Å²) < 4.78 is 2.01. The summed E-state index contributed by atoms with van der Waals surface area (Å²) in [5.74, 6) is -0.710. The number of imide groups is 1. The molecule has 0 atom stereocenters. The van der Waals surface area contributed by atoms with E-state index in [1.807, 2.05) is 67.2 Å². The molecule has 0 unspecified atom stereocenters. The number of benzene rings is 2. The van der Waals surface area contributed by atoms with Gasteiger partial charge in [0.25, 0.3) is 11.8 Å². The second-order valence-corrected chi connectivity index (χ2v) is 6.91. The predicted octanol–water partition coefficient (Wildman–Crippen LogP) is 3.54. The van der Waals surface area contributed by atoms with E-state index >= 15 is 0 Å². The number of nitrogens with zero attached hydrogens (tertiary/aromatic N) is 1. The molecule has 1 aliphatic heterocycles. The van der Waals surface area contributed by atoms with Gasteiger partial charge in [0.1, 0.15) is 0 Å². The molecule has 2 aromatic carbocycles. The summed E-state index contributed by atoms with van der Waals surface area (Å²) in [5, 5.41) is 4.37. The Morgan fingerprint density at radius 1 is 0.852 bits per heavy atom. The fraction of sp³-hybridized carbons (Fsp3) is 0.0909. The molecular formula is C22H17N3O2. The average Bonchev–Trinajstić information content (AvgIpc) is 3.29. The van der Waals surface area contributed by atoms with Crippen LogP contribution in [0.3, 0.4) is 0 Å². The second-order valence-electron chi connectivity index (χ2n) is 6.91. The van der Waals surface area contributed by atoms with Gasteiger partial charge in [0, 0.05) is 46.9 Å². The van der Waals surface area contributed by atoms with Gasteiger partial charge in [0.2, 0.25) is 0 Å². The summed E-state index contributed by atoms with van der Waals surface area (Å²) in [6.45, 7) is 2.04. The number of carbonyl (C=O) groups is 2. The summed E-state index contributed by atoms with van der Waals surface area (Å²) in [6, 6.07) is 13.8. The number of carbonyl (C=O) groups excluding carboxylic acids is 2. The van der Waals surface area contributed by atoms with Gasteiger partial charge in [-0.1, -0.05) is 36.4 Å². The first-order chi connectivity index (χ1) is 13.1. The van der Waals surface area contributed by atoms with Gasteiger partial charge in [-0.15, -0.1) is 0 Å². The molecular weight excluding hydrogens is 338 g/mol. The lowest BCUT2D eigenvalue weighted by molar-refractivity contribution is -0.122. The highest BCUT2D eigenvalue weighted by Gasteiger charge is 2.34. The molecule has 0 saturated carbocycles. The van der Waals surface area contributed by atoms with E-state index in [-0.39, 0.29) is 11.8 Å². The summed E-state index contributed by atoms with van der Waals surface area (Å²) in [5.41, 5.74) is 5.49. The molecule has 2 amide bonds. The summed E-state index contributed by atoms with van der Waals surface area (Å²) in [4.78, 5) is 28.7. The summed E-state index contributed by atoms with van der Waals surface area (Å²) >= 11 is 0. The minimum absolute atomic E-state index is 0.353. The van der Waals surface area contributed by atoms with Gasteiger partial charge >= 0.3 is 0 Å². The van der Waals surface area contributed by atoms with E-state index in [9.17, 15) is 9.59 Å². The van der Waals surface area contributed by atoms with Crippen LogP contribution < -0.4 is 5.32 Å². The first-order valence-corrected chi connectivity index (χ1v) is 8.77. The van der Waals surface area contributed by atoms with E-state index in [2.05, 4.69) is 10.3 Å². The Morgan fingerprint density at radius 2 is 1.56 bits per heavy atom. The Hall–Kier alpha value is -3.60. The smallest absolute Gasteiger partial charge is 0.259 e. The van der Waals surface area contributed by atoms with Gasteiger partial charge in [0.15, 0.2) is 0 Å². The Labute approximate surface area is 155 Å². The van der Waals surface area contributed by atoms with Gasteiger partial charge in [0.05, 0.1) is 16.7 Å². The van der Waals surface area contributed by atoms with E-state index in [0.717, 1.165) is 38.5 Å². The van der Waals surface area contributed by atoms with E-state index in [0.29, 0.717) is 11.1 Å². The Bertz CT molecular complexity index is 1300. The third-order valence-electron chi connectivity index (χ3n) is 5.26. The van der Waals surface area contributed by atoms with Crippen molar-refractivity contribution in [3.63, 3.8) is 0 Å². The highest BCUT2D eigenvalue weighted by Crippen LogP contribution is 2.38. The van der Waals surface area contributed by atoms with Crippen LogP contribution in [-0.4, -0.2) is 21.4 Å². The van der Waals surface area contributed by atoms with E-state index in [1.54, 1.807) is 6.20 Å². The van der Waals surface area contributed by atoms with Crippen LogP contribution in [0.2, 0.25) is 0 Å². The molecule has 1 aliphatic rings. The monoisotopic (exact) mass is 355 g/mol. The number of hydrogen-bond acceptors (Lipinski definition) is 2. The Balaban J connectivity index is 1.87. The SMILES string of the molecule is Cc1cccc2c(C3=C(c4c[nH]c5ccccc45)C(=O)NC3=O)cn(C)c12. The third-order valence-corrected chi connectivity index (χ3v) is 5.26. The molecule has 3 heterocycles. The second kappa shape index (κ2) is 5.45. The maximum Gasteiger partial charge on any atom is 0.259 e. The molecule has 0 aliphatic carbocycles. The lowest BCUT2D eigenvalue weighted by atomic mass is 9.95. The zero-order valence-electron chi connectivity index (χ0n) is 15.0. The van der Waals surface area contributed by atoms with Gasteiger partial charge in [-0.2, -0.15) is 0 Å². The minimum Gasteiger partial charge on any atom is -0.361 e. The molecule has 5 nitrogen and oxygen atoms in total. The van der Waals surface area contributed by atoms with E-state index < -0.39 is 0 Å². The molecule has 5 rings (SSSR count). The maximum atomic E-state index is 12.8. The lowest BCUT2D eigenvalue weighted by Crippen LogP contribution is -2.22. The fourth-order valence-corrected chi connectivity index (χ4v) is 4.12. The van der Waals surface area contributed by atoms with E-state index in [1.165, 1.54) is 0 Å². The normalized spacial score (nSPS) is 14.6. The van der Waals surface area contributed by atoms with Crippen molar-refractivity contribution >= 4 is 44.8 Å². The predicted molar refractivity (Wildman–Crippen MR) is 106 cm³/mol. The van der Waals surface area contributed by atoms with Crippen LogP contribution >= 0.6 is 0 Å². The maximum absolute atomic E-state index is 12.8. The zero-order chi connectivity index (χ0) is 18.7. The molecule has 0 saturated heterocycles.